The molecule has 3 N–H and O–H groups in total. The number of phosphoric ester groups is 2. The van der Waals surface area contributed by atoms with Gasteiger partial charge >= 0.3 is 39.5 Å². The predicted octanol–water partition coefficient (Wildman–Crippen LogP) is 16.1. The Bertz CT molecular complexity index is 1560. The van der Waals surface area contributed by atoms with Crippen molar-refractivity contribution in [1.29, 1.82) is 0 Å². The lowest BCUT2D eigenvalue weighted by molar-refractivity contribution is -0.161. The molecule has 0 aromatic rings. The third-order valence-electron chi connectivity index (χ3n) is 13.7. The lowest BCUT2D eigenvalue weighted by atomic mass is 10.0. The van der Waals surface area contributed by atoms with Crippen LogP contribution in [0, 0.1) is 11.8 Å². The Hall–Kier alpha value is -1.94. The van der Waals surface area contributed by atoms with Crippen molar-refractivity contribution in [2.45, 2.75) is 310 Å². The van der Waals surface area contributed by atoms with Gasteiger partial charge < -0.3 is 33.8 Å². The topological polar surface area (TPSA) is 237 Å². The number of ether oxygens (including phenoxy) is 4. The summed E-state index contributed by atoms with van der Waals surface area (Å²) in [4.78, 5) is 71.7. The molecule has 0 aliphatic carbocycles. The van der Waals surface area contributed by atoms with Crippen molar-refractivity contribution >= 4 is 39.5 Å². The highest BCUT2D eigenvalue weighted by Crippen LogP contribution is 2.45. The summed E-state index contributed by atoms with van der Waals surface area (Å²) in [7, 11) is -9.87. The fourth-order valence-electron chi connectivity index (χ4n) is 8.82. The van der Waals surface area contributed by atoms with Crippen molar-refractivity contribution in [3.63, 3.8) is 0 Å². The Kier molecular flexibility index (Phi) is 51.5. The van der Waals surface area contributed by atoms with Gasteiger partial charge in [0.1, 0.15) is 19.3 Å². The van der Waals surface area contributed by atoms with Crippen molar-refractivity contribution in [2.24, 2.45) is 11.8 Å². The molecule has 0 amide bonds. The summed E-state index contributed by atoms with van der Waals surface area (Å²) in [6, 6.07) is 0. The highest BCUT2D eigenvalue weighted by atomic mass is 31.2. The number of aliphatic hydroxyl groups is 1. The molecule has 0 saturated heterocycles. The molecule has 2 unspecified atom stereocenters. The number of carbonyl (C=O) groups is 4. The second kappa shape index (κ2) is 52.8. The molecule has 0 rings (SSSR count). The predicted molar refractivity (Wildman–Crippen MR) is 312 cm³/mol. The van der Waals surface area contributed by atoms with Gasteiger partial charge in [-0.2, -0.15) is 0 Å². The van der Waals surface area contributed by atoms with Crippen LogP contribution in [0.1, 0.15) is 292 Å². The highest BCUT2D eigenvalue weighted by molar-refractivity contribution is 7.47. The van der Waals surface area contributed by atoms with Gasteiger partial charge in [-0.1, -0.05) is 241 Å². The summed E-state index contributed by atoms with van der Waals surface area (Å²) >= 11 is 0. The van der Waals surface area contributed by atoms with E-state index in [2.05, 4.69) is 41.5 Å². The van der Waals surface area contributed by atoms with Crippen molar-refractivity contribution in [3.05, 3.63) is 0 Å². The second-order valence-corrected chi connectivity index (χ2v) is 25.6. The van der Waals surface area contributed by atoms with Crippen molar-refractivity contribution in [3.8, 4) is 0 Å². The van der Waals surface area contributed by atoms with Crippen LogP contribution >= 0.6 is 15.6 Å². The van der Waals surface area contributed by atoms with Crippen molar-refractivity contribution in [2.75, 3.05) is 39.6 Å². The number of hydrogen-bond donors (Lipinski definition) is 3. The molecule has 468 valence electrons. The maximum atomic E-state index is 12.9. The second-order valence-electron chi connectivity index (χ2n) is 22.7. The highest BCUT2D eigenvalue weighted by Gasteiger charge is 2.30. The zero-order chi connectivity index (χ0) is 58.7. The van der Waals surface area contributed by atoms with Gasteiger partial charge in [-0.25, -0.2) is 9.13 Å². The lowest BCUT2D eigenvalue weighted by Crippen LogP contribution is -2.30. The first-order chi connectivity index (χ1) is 37.9. The quantitative estimate of drug-likeness (QED) is 0.0222. The van der Waals surface area contributed by atoms with Gasteiger partial charge in [0.05, 0.1) is 26.4 Å². The van der Waals surface area contributed by atoms with Crippen LogP contribution in [-0.4, -0.2) is 96.7 Å². The van der Waals surface area contributed by atoms with Crippen LogP contribution in [-0.2, 0) is 65.4 Å². The third-order valence-corrected chi connectivity index (χ3v) is 15.6. The van der Waals surface area contributed by atoms with Gasteiger partial charge in [0, 0.05) is 25.7 Å². The molecule has 0 aliphatic heterocycles. The van der Waals surface area contributed by atoms with E-state index in [1.807, 2.05) is 0 Å². The SMILES string of the molecule is CCCCCCCCCCCCCCCC(=O)O[C@H](COC(=O)CCCCCCCCCCCC(C)C)COP(=O)(O)OC[C@@H](O)COP(=O)(O)OC[C@@H](COC(=O)CCCCCCC)OC(=O)CCCCCCCCC(C)C. The Balaban J connectivity index is 5.19. The largest absolute Gasteiger partial charge is 0.472 e. The first-order valence-corrected chi connectivity index (χ1v) is 34.5. The molecule has 0 aromatic carbocycles. The molecule has 0 spiro atoms. The van der Waals surface area contributed by atoms with Gasteiger partial charge in [-0.3, -0.25) is 37.3 Å². The number of phosphoric acid groups is 2. The molecule has 17 nitrogen and oxygen atoms in total. The Morgan fingerprint density at radius 2 is 0.582 bits per heavy atom. The zero-order valence-electron chi connectivity index (χ0n) is 50.7. The summed E-state index contributed by atoms with van der Waals surface area (Å²) in [5.74, 6) is -0.739. The molecule has 79 heavy (non-hydrogen) atoms. The van der Waals surface area contributed by atoms with Gasteiger partial charge in [0.2, 0.25) is 0 Å². The fraction of sp³-hybridized carbons (Fsp3) is 0.933. The summed E-state index contributed by atoms with van der Waals surface area (Å²) in [5, 5.41) is 10.5. The normalized spacial score (nSPS) is 14.4. The van der Waals surface area contributed by atoms with Crippen molar-refractivity contribution in [1.82, 2.24) is 0 Å². The Morgan fingerprint density at radius 1 is 0.342 bits per heavy atom. The van der Waals surface area contributed by atoms with E-state index in [1.165, 1.54) is 103 Å². The van der Waals surface area contributed by atoms with Crippen LogP contribution < -0.4 is 0 Å². The molecule has 19 heteroatoms. The first-order valence-electron chi connectivity index (χ1n) is 31.5. The molecular weight excluding hydrogens is 1050 g/mol. The molecule has 0 fully saturated rings. The molecule has 0 radical (unpaired) electrons. The maximum absolute atomic E-state index is 12.9. The van der Waals surface area contributed by atoms with E-state index >= 15 is 0 Å². The number of rotatable bonds is 59. The van der Waals surface area contributed by atoms with Gasteiger partial charge in [-0.05, 0) is 37.5 Å². The van der Waals surface area contributed by atoms with Crippen LogP contribution in [0.2, 0.25) is 0 Å². The van der Waals surface area contributed by atoms with E-state index in [0.717, 1.165) is 102 Å². The van der Waals surface area contributed by atoms with Crippen molar-refractivity contribution < 1.29 is 80.2 Å². The monoisotopic (exact) mass is 1170 g/mol. The molecule has 0 bridgehead atoms. The minimum Gasteiger partial charge on any atom is -0.462 e. The van der Waals surface area contributed by atoms with E-state index in [4.69, 9.17) is 37.0 Å². The number of hydrogen-bond acceptors (Lipinski definition) is 15. The fourth-order valence-corrected chi connectivity index (χ4v) is 10.4. The van der Waals surface area contributed by atoms with Crippen LogP contribution in [0.25, 0.3) is 0 Å². The van der Waals surface area contributed by atoms with E-state index in [-0.39, 0.29) is 25.7 Å². The minimum atomic E-state index is -4.94. The Morgan fingerprint density at radius 3 is 0.861 bits per heavy atom. The van der Waals surface area contributed by atoms with Crippen LogP contribution in [0.5, 0.6) is 0 Å². The number of unbranched alkanes of at least 4 members (excludes halogenated alkanes) is 29. The average molecular weight is 1170 g/mol. The minimum absolute atomic E-state index is 0.101. The molecular formula is C60H116O17P2. The van der Waals surface area contributed by atoms with Crippen LogP contribution in [0.3, 0.4) is 0 Å². The van der Waals surface area contributed by atoms with E-state index < -0.39 is 97.5 Å². The van der Waals surface area contributed by atoms with E-state index in [1.54, 1.807) is 0 Å². The zero-order valence-corrected chi connectivity index (χ0v) is 52.4. The molecule has 0 aliphatic rings. The van der Waals surface area contributed by atoms with Crippen LogP contribution in [0.4, 0.5) is 0 Å². The van der Waals surface area contributed by atoms with Gasteiger partial charge in [0.15, 0.2) is 12.2 Å². The molecule has 0 aromatic heterocycles. The standard InChI is InChI=1S/C60H116O17P2/c1-7-9-11-13-14-15-16-17-18-21-25-32-38-44-59(64)76-56(49-71-58(63)43-37-31-24-22-19-20-23-29-34-40-52(3)4)51-75-79(68,69)73-47-54(61)46-72-78(66,67)74-50-55(48-70-57(62)42-36-28-12-10-8-2)77-60(65)45-39-33-27-26-30-35-41-53(5)6/h52-56,61H,7-51H2,1-6H3,(H,66,67)(H,68,69)/t54-,55+,56+/m0/s1. The third kappa shape index (κ3) is 55.0. The molecule has 0 saturated carbocycles. The van der Waals surface area contributed by atoms with Gasteiger partial charge in [0.25, 0.3) is 0 Å². The number of esters is 4. The summed E-state index contributed by atoms with van der Waals surface area (Å²) in [6.07, 6.45) is 34.0. The van der Waals surface area contributed by atoms with E-state index in [0.29, 0.717) is 31.6 Å². The van der Waals surface area contributed by atoms with E-state index in [9.17, 15) is 43.2 Å². The molecule has 5 atom stereocenters. The molecule has 0 heterocycles. The summed E-state index contributed by atoms with van der Waals surface area (Å²) in [6.45, 7) is 9.26. The number of aliphatic hydroxyl groups excluding tert-OH is 1. The smallest absolute Gasteiger partial charge is 0.462 e. The first kappa shape index (κ1) is 77.1. The maximum Gasteiger partial charge on any atom is 0.472 e. The van der Waals surface area contributed by atoms with Gasteiger partial charge in [-0.15, -0.1) is 0 Å². The Labute approximate surface area is 479 Å². The lowest BCUT2D eigenvalue weighted by Gasteiger charge is -2.21. The number of carbonyl (C=O) groups excluding carboxylic acids is 4. The average Bonchev–Trinajstić information content (AvgIpc) is 3.40. The van der Waals surface area contributed by atoms with Crippen LogP contribution in [0.15, 0.2) is 0 Å². The summed E-state index contributed by atoms with van der Waals surface area (Å²) < 4.78 is 67.6. The summed E-state index contributed by atoms with van der Waals surface area (Å²) in [5.41, 5.74) is 0.